The van der Waals surface area contributed by atoms with E-state index in [1.54, 1.807) is 4.90 Å². The van der Waals surface area contributed by atoms with E-state index in [1.807, 2.05) is 7.05 Å². The van der Waals surface area contributed by atoms with E-state index in [1.165, 1.54) is 13.2 Å². The van der Waals surface area contributed by atoms with Crippen LogP contribution in [0.4, 0.5) is 14.9 Å². The summed E-state index contributed by atoms with van der Waals surface area (Å²) in [6, 6.07) is 2.46. The molecule has 142 valence electrons. The number of carbonyl (C=O) groups is 2. The fraction of sp³-hybridized carbons (Fsp3) is 0.500. The molecule has 1 N–H and O–H groups in total. The summed E-state index contributed by atoms with van der Waals surface area (Å²) in [5.41, 5.74) is -0.284. The molecule has 0 aliphatic carbocycles. The maximum Gasteiger partial charge on any atom is 0.407 e. The molecule has 1 aromatic carbocycles. The summed E-state index contributed by atoms with van der Waals surface area (Å²) in [5, 5.41) is 13.2. The number of alkyl carbamates (subject to hydrolysis) is 1. The lowest BCUT2D eigenvalue weighted by Gasteiger charge is -2.34. The molecule has 0 saturated carbocycles. The number of nitrogens with zero attached hydrogens (tertiary/aromatic N) is 3. The van der Waals surface area contributed by atoms with Crippen molar-refractivity contribution in [1.82, 2.24) is 15.1 Å². The number of methoxy groups -OCH3 is 1. The zero-order chi connectivity index (χ0) is 19.3. The highest BCUT2D eigenvalue weighted by Gasteiger charge is 2.29. The maximum absolute atomic E-state index is 13.8. The van der Waals surface area contributed by atoms with E-state index in [0.717, 1.165) is 12.1 Å². The SMILES string of the molecule is COC(=O)N[C@H](Cc1ccc([N+](=O)[O-])c(F)c1)C(=O)N1CCN(C)CC1. The van der Waals surface area contributed by atoms with Crippen LogP contribution in [0.2, 0.25) is 0 Å². The van der Waals surface area contributed by atoms with Gasteiger partial charge < -0.3 is 19.9 Å². The van der Waals surface area contributed by atoms with Crippen LogP contribution in [0, 0.1) is 15.9 Å². The largest absolute Gasteiger partial charge is 0.453 e. The number of hydrogen-bond donors (Lipinski definition) is 1. The number of nitrogens with one attached hydrogen (secondary N) is 1. The number of nitro benzene ring substituents is 1. The number of likely N-dealkylation sites (N-methyl/N-ethyl adjacent to an activating group) is 1. The monoisotopic (exact) mass is 368 g/mol. The second-order valence-corrected chi connectivity index (χ2v) is 6.06. The van der Waals surface area contributed by atoms with Crippen LogP contribution >= 0.6 is 0 Å². The van der Waals surface area contributed by atoms with Crippen LogP contribution in [0.25, 0.3) is 0 Å². The van der Waals surface area contributed by atoms with Gasteiger partial charge in [0, 0.05) is 38.7 Å². The van der Waals surface area contributed by atoms with E-state index in [2.05, 4.69) is 15.0 Å². The summed E-state index contributed by atoms with van der Waals surface area (Å²) < 4.78 is 18.4. The highest BCUT2D eigenvalue weighted by molar-refractivity contribution is 5.86. The molecule has 10 heteroatoms. The van der Waals surface area contributed by atoms with E-state index in [0.29, 0.717) is 31.7 Å². The molecule has 0 spiro atoms. The third-order valence-electron chi connectivity index (χ3n) is 4.24. The lowest BCUT2D eigenvalue weighted by molar-refractivity contribution is -0.387. The summed E-state index contributed by atoms with van der Waals surface area (Å²) in [4.78, 5) is 37.9. The Balaban J connectivity index is 2.16. The molecule has 1 fully saturated rings. The molecule has 1 aliphatic rings. The molecule has 0 aromatic heterocycles. The van der Waals surface area contributed by atoms with Crippen molar-refractivity contribution in [3.63, 3.8) is 0 Å². The van der Waals surface area contributed by atoms with Gasteiger partial charge in [0.15, 0.2) is 0 Å². The molecule has 0 radical (unpaired) electrons. The van der Waals surface area contributed by atoms with Crippen LogP contribution in [0.15, 0.2) is 18.2 Å². The number of halogens is 1. The predicted molar refractivity (Wildman–Crippen MR) is 90.2 cm³/mol. The number of rotatable bonds is 5. The Morgan fingerprint density at radius 1 is 1.35 bits per heavy atom. The van der Waals surface area contributed by atoms with Crippen LogP contribution in [-0.2, 0) is 16.0 Å². The third-order valence-corrected chi connectivity index (χ3v) is 4.24. The van der Waals surface area contributed by atoms with Crippen molar-refractivity contribution in [3.05, 3.63) is 39.7 Å². The number of nitro groups is 1. The molecule has 2 amide bonds. The van der Waals surface area contributed by atoms with Crippen molar-refractivity contribution in [2.45, 2.75) is 12.5 Å². The topological polar surface area (TPSA) is 105 Å². The van der Waals surface area contributed by atoms with Crippen molar-refractivity contribution in [3.8, 4) is 0 Å². The van der Waals surface area contributed by atoms with Crippen molar-refractivity contribution in [1.29, 1.82) is 0 Å². The first-order chi connectivity index (χ1) is 12.3. The molecule has 1 heterocycles. The zero-order valence-electron chi connectivity index (χ0n) is 14.6. The molecule has 2 rings (SSSR count). The van der Waals surface area contributed by atoms with Gasteiger partial charge in [0.25, 0.3) is 0 Å². The van der Waals surface area contributed by atoms with Gasteiger partial charge in [0.2, 0.25) is 11.7 Å². The van der Waals surface area contributed by atoms with E-state index in [4.69, 9.17) is 0 Å². The highest BCUT2D eigenvalue weighted by Crippen LogP contribution is 2.19. The molecule has 9 nitrogen and oxygen atoms in total. The van der Waals surface area contributed by atoms with Crippen LogP contribution in [0.3, 0.4) is 0 Å². The van der Waals surface area contributed by atoms with Gasteiger partial charge in [0.1, 0.15) is 6.04 Å². The summed E-state index contributed by atoms with van der Waals surface area (Å²) >= 11 is 0. The Morgan fingerprint density at radius 3 is 2.54 bits per heavy atom. The second kappa shape index (κ2) is 8.56. The predicted octanol–water partition coefficient (Wildman–Crippen LogP) is 0.775. The average molecular weight is 368 g/mol. The molecular weight excluding hydrogens is 347 g/mol. The van der Waals surface area contributed by atoms with Crippen LogP contribution < -0.4 is 5.32 Å². The van der Waals surface area contributed by atoms with Crippen LogP contribution in [-0.4, -0.2) is 73.1 Å². The highest BCUT2D eigenvalue weighted by atomic mass is 19.1. The number of ether oxygens (including phenoxy) is 1. The van der Waals surface area contributed by atoms with Crippen LogP contribution in [0.5, 0.6) is 0 Å². The number of carbonyl (C=O) groups excluding carboxylic acids is 2. The van der Waals surface area contributed by atoms with Gasteiger partial charge in [-0.2, -0.15) is 4.39 Å². The summed E-state index contributed by atoms with van der Waals surface area (Å²) in [5.74, 6) is -1.29. The Bertz CT molecular complexity index is 691. The smallest absolute Gasteiger partial charge is 0.407 e. The molecule has 1 atom stereocenters. The summed E-state index contributed by atoms with van der Waals surface area (Å²) in [6.45, 7) is 2.46. The first-order valence-electron chi connectivity index (χ1n) is 8.06. The van der Waals surface area contributed by atoms with Gasteiger partial charge in [-0.3, -0.25) is 14.9 Å². The molecule has 1 saturated heterocycles. The number of piperazine rings is 1. The minimum absolute atomic E-state index is 0.00477. The number of benzene rings is 1. The fourth-order valence-electron chi connectivity index (χ4n) is 2.71. The van der Waals surface area contributed by atoms with E-state index < -0.39 is 28.6 Å². The molecule has 26 heavy (non-hydrogen) atoms. The van der Waals surface area contributed by atoms with E-state index >= 15 is 0 Å². The Hall–Kier alpha value is -2.75. The molecule has 1 aromatic rings. The van der Waals surface area contributed by atoms with Crippen molar-refractivity contribution in [2.24, 2.45) is 0 Å². The molecule has 1 aliphatic heterocycles. The van der Waals surface area contributed by atoms with Gasteiger partial charge in [-0.15, -0.1) is 0 Å². The van der Waals surface area contributed by atoms with Crippen molar-refractivity contribution >= 4 is 17.7 Å². The quantitative estimate of drug-likeness (QED) is 0.608. The molecule has 0 unspecified atom stereocenters. The van der Waals surface area contributed by atoms with E-state index in [9.17, 15) is 24.1 Å². The normalized spacial score (nSPS) is 16.0. The third kappa shape index (κ3) is 4.88. The lowest BCUT2D eigenvalue weighted by atomic mass is 10.0. The van der Waals surface area contributed by atoms with Gasteiger partial charge >= 0.3 is 11.8 Å². The van der Waals surface area contributed by atoms with Crippen molar-refractivity contribution < 1.29 is 23.6 Å². The average Bonchev–Trinajstić information content (AvgIpc) is 2.60. The minimum Gasteiger partial charge on any atom is -0.453 e. The first kappa shape index (κ1) is 19.6. The van der Waals surface area contributed by atoms with Crippen LogP contribution in [0.1, 0.15) is 5.56 Å². The zero-order valence-corrected chi connectivity index (χ0v) is 14.6. The Morgan fingerprint density at radius 2 is 2.00 bits per heavy atom. The van der Waals surface area contributed by atoms with Gasteiger partial charge in [-0.05, 0) is 18.7 Å². The fourth-order valence-corrected chi connectivity index (χ4v) is 2.71. The lowest BCUT2D eigenvalue weighted by Crippen LogP contribution is -2.55. The van der Waals surface area contributed by atoms with Gasteiger partial charge in [-0.25, -0.2) is 4.79 Å². The maximum atomic E-state index is 13.8. The Kier molecular flexibility index (Phi) is 6.45. The van der Waals surface area contributed by atoms with Gasteiger partial charge in [0.05, 0.1) is 12.0 Å². The van der Waals surface area contributed by atoms with Gasteiger partial charge in [-0.1, -0.05) is 6.07 Å². The number of hydrogen-bond acceptors (Lipinski definition) is 6. The number of amides is 2. The van der Waals surface area contributed by atoms with Crippen molar-refractivity contribution in [2.75, 3.05) is 40.3 Å². The molecule has 0 bridgehead atoms. The standard InChI is InChI=1S/C16H21FN4O5/c1-19-5-7-20(8-6-19)15(22)13(18-16(23)26-2)10-11-3-4-14(21(24)25)12(17)9-11/h3-4,9,13H,5-8,10H2,1-2H3,(H,18,23)/t13-/m1/s1. The minimum atomic E-state index is -0.989. The van der Waals surface area contributed by atoms with E-state index in [-0.39, 0.29) is 12.3 Å². The second-order valence-electron chi connectivity index (χ2n) is 6.06. The Labute approximate surface area is 149 Å². The summed E-state index contributed by atoms with van der Waals surface area (Å²) in [7, 11) is 3.13. The molecular formula is C16H21FN4O5. The summed E-state index contributed by atoms with van der Waals surface area (Å²) in [6.07, 6.45) is -0.783. The first-order valence-corrected chi connectivity index (χ1v) is 8.06.